The SMILES string of the molecule is COCCONC(=O)C(C)Oc1ccc(Cl)cc1Br. The van der Waals surface area contributed by atoms with Gasteiger partial charge in [-0.3, -0.25) is 9.63 Å². The number of halogens is 2. The molecule has 0 aliphatic carbocycles. The van der Waals surface area contributed by atoms with Crippen LogP contribution in [0.5, 0.6) is 5.75 Å². The first-order valence-electron chi connectivity index (χ1n) is 5.57. The summed E-state index contributed by atoms with van der Waals surface area (Å²) < 4.78 is 11.0. The fraction of sp³-hybridized carbons (Fsp3) is 0.417. The number of carbonyl (C=O) groups excluding carboxylic acids is 1. The second-order valence-corrected chi connectivity index (χ2v) is 4.93. The van der Waals surface area contributed by atoms with Crippen LogP contribution in [0.3, 0.4) is 0 Å². The fourth-order valence-corrected chi connectivity index (χ4v) is 1.92. The molecular formula is C12H15BrClNO4. The molecule has 0 spiro atoms. The molecule has 0 aromatic heterocycles. The number of amides is 1. The van der Waals surface area contributed by atoms with E-state index in [4.69, 9.17) is 25.9 Å². The van der Waals surface area contributed by atoms with Gasteiger partial charge in [0.2, 0.25) is 0 Å². The van der Waals surface area contributed by atoms with E-state index in [1.165, 1.54) is 0 Å². The molecule has 1 amide bonds. The lowest BCUT2D eigenvalue weighted by atomic mass is 10.3. The number of rotatable bonds is 7. The first-order chi connectivity index (χ1) is 9.04. The maximum absolute atomic E-state index is 11.6. The van der Waals surface area contributed by atoms with Crippen LogP contribution in [-0.2, 0) is 14.4 Å². The lowest BCUT2D eigenvalue weighted by molar-refractivity contribution is -0.141. The maximum atomic E-state index is 11.6. The van der Waals surface area contributed by atoms with E-state index in [1.807, 2.05) is 0 Å². The maximum Gasteiger partial charge on any atom is 0.284 e. The van der Waals surface area contributed by atoms with Gasteiger partial charge in [-0.1, -0.05) is 11.6 Å². The topological polar surface area (TPSA) is 56.8 Å². The number of carbonyl (C=O) groups is 1. The van der Waals surface area contributed by atoms with E-state index >= 15 is 0 Å². The van der Waals surface area contributed by atoms with Crippen molar-refractivity contribution in [1.82, 2.24) is 5.48 Å². The van der Waals surface area contributed by atoms with Crippen LogP contribution in [0.15, 0.2) is 22.7 Å². The van der Waals surface area contributed by atoms with Gasteiger partial charge in [-0.2, -0.15) is 0 Å². The van der Waals surface area contributed by atoms with Crippen LogP contribution in [-0.4, -0.2) is 32.3 Å². The quantitative estimate of drug-likeness (QED) is 0.605. The average Bonchev–Trinajstić information content (AvgIpc) is 2.37. The van der Waals surface area contributed by atoms with E-state index in [-0.39, 0.29) is 12.5 Å². The summed E-state index contributed by atoms with van der Waals surface area (Å²) >= 11 is 9.13. The molecule has 1 atom stereocenters. The number of nitrogens with one attached hydrogen (secondary N) is 1. The Balaban J connectivity index is 2.45. The summed E-state index contributed by atoms with van der Waals surface area (Å²) in [5, 5.41) is 0.583. The predicted molar refractivity (Wildman–Crippen MR) is 75.2 cm³/mol. The fourth-order valence-electron chi connectivity index (χ4n) is 1.14. The van der Waals surface area contributed by atoms with Crippen LogP contribution in [0.25, 0.3) is 0 Å². The van der Waals surface area contributed by atoms with Gasteiger partial charge in [0, 0.05) is 12.1 Å². The standard InChI is InChI=1S/C12H15BrClNO4/c1-8(12(16)15-18-6-5-17-2)19-11-4-3-9(14)7-10(11)13/h3-4,7-8H,5-6H2,1-2H3,(H,15,16). The predicted octanol–water partition coefficient (Wildman–Crippen LogP) is 2.56. The molecule has 0 radical (unpaired) electrons. The molecule has 106 valence electrons. The summed E-state index contributed by atoms with van der Waals surface area (Å²) in [7, 11) is 1.55. The van der Waals surface area contributed by atoms with Crippen molar-refractivity contribution in [3.05, 3.63) is 27.7 Å². The van der Waals surface area contributed by atoms with Crippen LogP contribution >= 0.6 is 27.5 Å². The van der Waals surface area contributed by atoms with Crippen molar-refractivity contribution in [3.8, 4) is 5.75 Å². The van der Waals surface area contributed by atoms with Gasteiger partial charge in [0.05, 0.1) is 17.7 Å². The first kappa shape index (κ1) is 16.2. The van der Waals surface area contributed by atoms with Crippen molar-refractivity contribution in [2.75, 3.05) is 20.3 Å². The monoisotopic (exact) mass is 351 g/mol. The third kappa shape index (κ3) is 5.78. The molecule has 1 rings (SSSR count). The highest BCUT2D eigenvalue weighted by molar-refractivity contribution is 9.10. The molecule has 1 unspecified atom stereocenters. The van der Waals surface area contributed by atoms with Crippen molar-refractivity contribution in [3.63, 3.8) is 0 Å². The first-order valence-corrected chi connectivity index (χ1v) is 6.74. The third-order valence-electron chi connectivity index (χ3n) is 2.13. The highest BCUT2D eigenvalue weighted by Gasteiger charge is 2.16. The number of methoxy groups -OCH3 is 1. The van der Waals surface area contributed by atoms with Gasteiger partial charge in [-0.25, -0.2) is 5.48 Å². The lowest BCUT2D eigenvalue weighted by Crippen LogP contribution is -2.37. The Kier molecular flexibility index (Phi) is 7.15. The zero-order valence-electron chi connectivity index (χ0n) is 10.6. The molecule has 19 heavy (non-hydrogen) atoms. The molecule has 0 aliphatic heterocycles. The minimum absolute atomic E-state index is 0.277. The van der Waals surface area contributed by atoms with Gasteiger partial charge in [0.25, 0.3) is 5.91 Å². The Bertz CT molecular complexity index is 430. The minimum atomic E-state index is -0.694. The summed E-state index contributed by atoms with van der Waals surface area (Å²) in [6, 6.07) is 5.06. The molecule has 1 aromatic carbocycles. The summed E-state index contributed by atoms with van der Waals surface area (Å²) in [6.07, 6.45) is -0.694. The molecule has 1 N–H and O–H groups in total. The largest absolute Gasteiger partial charge is 0.480 e. The van der Waals surface area contributed by atoms with E-state index in [0.717, 1.165) is 0 Å². The van der Waals surface area contributed by atoms with Crippen LogP contribution in [0.1, 0.15) is 6.92 Å². The van der Waals surface area contributed by atoms with E-state index in [9.17, 15) is 4.79 Å². The molecule has 1 aromatic rings. The number of ether oxygens (including phenoxy) is 2. The molecule has 0 aliphatic rings. The van der Waals surface area contributed by atoms with Crippen molar-refractivity contribution >= 4 is 33.4 Å². The summed E-state index contributed by atoms with van der Waals surface area (Å²) in [5.74, 6) is 0.155. The summed E-state index contributed by atoms with van der Waals surface area (Å²) in [4.78, 5) is 16.6. The van der Waals surface area contributed by atoms with E-state index in [1.54, 1.807) is 32.2 Å². The minimum Gasteiger partial charge on any atom is -0.480 e. The Labute approximate surface area is 125 Å². The molecule has 5 nitrogen and oxygen atoms in total. The van der Waals surface area contributed by atoms with Crippen molar-refractivity contribution in [1.29, 1.82) is 0 Å². The highest BCUT2D eigenvalue weighted by atomic mass is 79.9. The van der Waals surface area contributed by atoms with Gasteiger partial charge in [-0.15, -0.1) is 0 Å². The number of hydroxylamine groups is 1. The Hall–Kier alpha value is -0.820. The molecule has 0 saturated carbocycles. The Morgan fingerprint density at radius 1 is 1.47 bits per heavy atom. The normalized spacial score (nSPS) is 12.0. The lowest BCUT2D eigenvalue weighted by Gasteiger charge is -2.15. The number of hydrogen-bond acceptors (Lipinski definition) is 4. The Morgan fingerprint density at radius 3 is 2.84 bits per heavy atom. The van der Waals surface area contributed by atoms with Crippen molar-refractivity contribution < 1.29 is 19.1 Å². The molecule has 0 bridgehead atoms. The Morgan fingerprint density at radius 2 is 2.21 bits per heavy atom. The summed E-state index contributed by atoms with van der Waals surface area (Å²) in [6.45, 7) is 2.30. The smallest absolute Gasteiger partial charge is 0.284 e. The van der Waals surface area contributed by atoms with Crippen molar-refractivity contribution in [2.24, 2.45) is 0 Å². The number of benzene rings is 1. The number of hydrogen-bond donors (Lipinski definition) is 1. The van der Waals surface area contributed by atoms with Gasteiger partial charge >= 0.3 is 0 Å². The van der Waals surface area contributed by atoms with Crippen LogP contribution < -0.4 is 10.2 Å². The zero-order chi connectivity index (χ0) is 14.3. The van der Waals surface area contributed by atoms with Crippen LogP contribution in [0.2, 0.25) is 5.02 Å². The van der Waals surface area contributed by atoms with Gasteiger partial charge in [0.1, 0.15) is 5.75 Å². The van der Waals surface area contributed by atoms with Crippen molar-refractivity contribution in [2.45, 2.75) is 13.0 Å². The average molecular weight is 353 g/mol. The molecule has 7 heteroatoms. The summed E-state index contributed by atoms with van der Waals surface area (Å²) in [5.41, 5.74) is 2.28. The second-order valence-electron chi connectivity index (χ2n) is 3.64. The second kappa shape index (κ2) is 8.37. The molecular weight excluding hydrogens is 337 g/mol. The molecule has 0 heterocycles. The van der Waals surface area contributed by atoms with Gasteiger partial charge in [-0.05, 0) is 41.1 Å². The zero-order valence-corrected chi connectivity index (χ0v) is 13.0. The van der Waals surface area contributed by atoms with E-state index in [0.29, 0.717) is 21.9 Å². The molecule has 0 saturated heterocycles. The third-order valence-corrected chi connectivity index (χ3v) is 2.98. The van der Waals surface area contributed by atoms with E-state index < -0.39 is 6.10 Å². The van der Waals surface area contributed by atoms with Crippen LogP contribution in [0.4, 0.5) is 0 Å². The van der Waals surface area contributed by atoms with E-state index in [2.05, 4.69) is 21.4 Å². The van der Waals surface area contributed by atoms with Crippen LogP contribution in [0, 0.1) is 0 Å². The highest BCUT2D eigenvalue weighted by Crippen LogP contribution is 2.28. The molecule has 0 fully saturated rings. The van der Waals surface area contributed by atoms with Gasteiger partial charge in [0.15, 0.2) is 6.10 Å². The van der Waals surface area contributed by atoms with Gasteiger partial charge < -0.3 is 9.47 Å².